The molecule has 0 unspecified atom stereocenters. The van der Waals surface area contributed by atoms with Crippen LogP contribution in [0.3, 0.4) is 0 Å². The summed E-state index contributed by atoms with van der Waals surface area (Å²) in [5.41, 5.74) is 2.94. The molecule has 0 aliphatic carbocycles. The van der Waals surface area contributed by atoms with Crippen LogP contribution >= 0.6 is 11.6 Å². The monoisotopic (exact) mass is 446 g/mol. The molecule has 0 bridgehead atoms. The zero-order valence-electron chi connectivity index (χ0n) is 15.2. The molecule has 3 aromatic carbocycles. The molecule has 0 saturated carbocycles. The summed E-state index contributed by atoms with van der Waals surface area (Å²) < 4.78 is 27.5. The van der Waals surface area contributed by atoms with Crippen molar-refractivity contribution in [2.45, 2.75) is 4.90 Å². The number of hydrogen-bond donors (Lipinski definition) is 3. The Bertz CT molecular complexity index is 1210. The van der Waals surface area contributed by atoms with Gasteiger partial charge in [-0.2, -0.15) is 5.10 Å². The van der Waals surface area contributed by atoms with E-state index in [4.69, 9.17) is 11.6 Å². The van der Waals surface area contributed by atoms with Crippen molar-refractivity contribution in [1.82, 2.24) is 0 Å². The van der Waals surface area contributed by atoms with Crippen molar-refractivity contribution in [2.24, 2.45) is 5.10 Å². The van der Waals surface area contributed by atoms with E-state index in [1.165, 1.54) is 42.6 Å². The number of aromatic hydroxyl groups is 1. The number of benzene rings is 3. The van der Waals surface area contributed by atoms with Gasteiger partial charge in [-0.05, 0) is 60.2 Å². The lowest BCUT2D eigenvalue weighted by Crippen LogP contribution is -2.13. The number of rotatable bonds is 7. The molecule has 3 aromatic rings. The molecule has 0 aliphatic rings. The van der Waals surface area contributed by atoms with Crippen LogP contribution in [0.4, 0.5) is 17.1 Å². The largest absolute Gasteiger partial charge is 0.508 e. The highest BCUT2D eigenvalue weighted by Crippen LogP contribution is 2.29. The van der Waals surface area contributed by atoms with Crippen LogP contribution in [0.1, 0.15) is 5.56 Å². The van der Waals surface area contributed by atoms with Gasteiger partial charge in [-0.15, -0.1) is 0 Å². The second-order valence-corrected chi connectivity index (χ2v) is 8.13. The number of halogens is 1. The number of hydrazone groups is 1. The minimum absolute atomic E-state index is 0.0109. The molecule has 3 rings (SSSR count). The van der Waals surface area contributed by atoms with E-state index in [1.54, 1.807) is 24.3 Å². The van der Waals surface area contributed by atoms with Gasteiger partial charge in [-0.3, -0.25) is 20.3 Å². The zero-order valence-corrected chi connectivity index (χ0v) is 16.8. The number of nitro benzene ring substituents is 1. The van der Waals surface area contributed by atoms with Gasteiger partial charge in [0.25, 0.3) is 15.7 Å². The molecule has 3 N–H and O–H groups in total. The third kappa shape index (κ3) is 5.25. The Hall–Kier alpha value is -3.63. The van der Waals surface area contributed by atoms with Crippen molar-refractivity contribution in [3.63, 3.8) is 0 Å². The van der Waals surface area contributed by atoms with Crippen molar-refractivity contribution in [2.75, 3.05) is 10.1 Å². The summed E-state index contributed by atoms with van der Waals surface area (Å²) in [6.07, 6.45) is 1.40. The summed E-state index contributed by atoms with van der Waals surface area (Å²) in [6.45, 7) is 0. The van der Waals surface area contributed by atoms with Gasteiger partial charge in [0, 0.05) is 11.1 Å². The maximum absolute atomic E-state index is 12.6. The molecule has 11 heteroatoms. The van der Waals surface area contributed by atoms with Gasteiger partial charge in [0.05, 0.1) is 21.7 Å². The number of phenols is 1. The highest BCUT2D eigenvalue weighted by atomic mass is 35.5. The molecule has 30 heavy (non-hydrogen) atoms. The van der Waals surface area contributed by atoms with E-state index in [0.717, 1.165) is 6.07 Å². The van der Waals surface area contributed by atoms with Crippen molar-refractivity contribution in [3.8, 4) is 5.75 Å². The molecule has 0 spiro atoms. The summed E-state index contributed by atoms with van der Waals surface area (Å²) in [5, 5.41) is 24.9. The van der Waals surface area contributed by atoms with E-state index in [0.29, 0.717) is 10.6 Å². The maximum atomic E-state index is 12.6. The fourth-order valence-electron chi connectivity index (χ4n) is 2.43. The molecule has 0 radical (unpaired) electrons. The number of hydrogen-bond acceptors (Lipinski definition) is 7. The van der Waals surface area contributed by atoms with Gasteiger partial charge < -0.3 is 5.11 Å². The average molecular weight is 447 g/mol. The SMILES string of the molecule is O=[N+]([O-])c1cc(S(=O)(=O)Nc2cccc(Cl)c2)ccc1NN=Cc1ccc(O)cc1. The van der Waals surface area contributed by atoms with Crippen LogP contribution in [0, 0.1) is 10.1 Å². The minimum Gasteiger partial charge on any atom is -0.508 e. The van der Waals surface area contributed by atoms with Gasteiger partial charge in [-0.25, -0.2) is 8.42 Å². The van der Waals surface area contributed by atoms with Crippen molar-refractivity contribution < 1.29 is 18.4 Å². The quantitative estimate of drug-likeness (QED) is 0.283. The molecule has 0 fully saturated rings. The van der Waals surface area contributed by atoms with E-state index in [-0.39, 0.29) is 22.0 Å². The van der Waals surface area contributed by atoms with E-state index >= 15 is 0 Å². The van der Waals surface area contributed by atoms with Crippen LogP contribution in [0.25, 0.3) is 0 Å². The summed E-state index contributed by atoms with van der Waals surface area (Å²) in [7, 11) is -4.07. The highest BCUT2D eigenvalue weighted by molar-refractivity contribution is 7.92. The summed E-state index contributed by atoms with van der Waals surface area (Å²) in [5.74, 6) is 0.0962. The maximum Gasteiger partial charge on any atom is 0.295 e. The minimum atomic E-state index is -4.07. The third-order valence-corrected chi connectivity index (χ3v) is 5.46. The summed E-state index contributed by atoms with van der Waals surface area (Å²) in [4.78, 5) is 10.4. The number of nitrogens with one attached hydrogen (secondary N) is 2. The summed E-state index contributed by atoms with van der Waals surface area (Å²) >= 11 is 5.85. The van der Waals surface area contributed by atoms with Crippen LogP contribution in [0.5, 0.6) is 5.75 Å². The van der Waals surface area contributed by atoms with Gasteiger partial charge in [0.15, 0.2) is 0 Å². The molecule has 9 nitrogen and oxygen atoms in total. The van der Waals surface area contributed by atoms with Crippen molar-refractivity contribution in [1.29, 1.82) is 0 Å². The lowest BCUT2D eigenvalue weighted by Gasteiger charge is -2.09. The highest BCUT2D eigenvalue weighted by Gasteiger charge is 2.21. The van der Waals surface area contributed by atoms with Gasteiger partial charge in [0.1, 0.15) is 11.4 Å². The molecular weight excluding hydrogens is 432 g/mol. The van der Waals surface area contributed by atoms with Crippen LogP contribution in [-0.4, -0.2) is 24.7 Å². The molecular formula is C19H15ClN4O5S. The van der Waals surface area contributed by atoms with E-state index in [2.05, 4.69) is 15.2 Å². The van der Waals surface area contributed by atoms with Crippen molar-refractivity contribution >= 4 is 44.9 Å². The lowest BCUT2D eigenvalue weighted by atomic mass is 10.2. The molecule has 0 amide bonds. The Labute approximate surface area is 176 Å². The first kappa shape index (κ1) is 21.1. The molecule has 0 aromatic heterocycles. The van der Waals surface area contributed by atoms with Crippen LogP contribution in [-0.2, 0) is 10.0 Å². The topological polar surface area (TPSA) is 134 Å². The Morgan fingerprint density at radius 1 is 1.07 bits per heavy atom. The van der Waals surface area contributed by atoms with E-state index in [1.807, 2.05) is 0 Å². The second kappa shape index (κ2) is 8.80. The molecule has 0 heterocycles. The number of nitrogens with zero attached hydrogens (tertiary/aromatic N) is 2. The first-order valence-corrected chi connectivity index (χ1v) is 10.3. The van der Waals surface area contributed by atoms with Crippen LogP contribution in [0.2, 0.25) is 5.02 Å². The first-order chi connectivity index (χ1) is 14.2. The fourth-order valence-corrected chi connectivity index (χ4v) is 3.69. The predicted octanol–water partition coefficient (Wildman–Crippen LogP) is 4.20. The fraction of sp³-hybridized carbons (Fsp3) is 0. The van der Waals surface area contributed by atoms with Gasteiger partial charge >= 0.3 is 0 Å². The van der Waals surface area contributed by atoms with Crippen LogP contribution < -0.4 is 10.1 Å². The van der Waals surface area contributed by atoms with Crippen LogP contribution in [0.15, 0.2) is 76.7 Å². The zero-order chi connectivity index (χ0) is 21.7. The van der Waals surface area contributed by atoms with E-state index < -0.39 is 20.6 Å². The Balaban J connectivity index is 1.83. The third-order valence-electron chi connectivity index (χ3n) is 3.84. The van der Waals surface area contributed by atoms with Gasteiger partial charge in [-0.1, -0.05) is 17.7 Å². The molecule has 0 saturated heterocycles. The number of anilines is 2. The Morgan fingerprint density at radius 3 is 2.47 bits per heavy atom. The lowest BCUT2D eigenvalue weighted by molar-refractivity contribution is -0.384. The Kier molecular flexibility index (Phi) is 6.19. The van der Waals surface area contributed by atoms with Gasteiger partial charge in [0.2, 0.25) is 0 Å². The normalized spacial score (nSPS) is 11.4. The molecule has 154 valence electrons. The number of phenolic OH excluding ortho intramolecular Hbond substituents is 1. The molecule has 0 atom stereocenters. The Morgan fingerprint density at radius 2 is 1.80 bits per heavy atom. The average Bonchev–Trinajstić information content (AvgIpc) is 2.69. The summed E-state index contributed by atoms with van der Waals surface area (Å²) in [6, 6.07) is 15.6. The number of sulfonamides is 1. The molecule has 0 aliphatic heterocycles. The smallest absolute Gasteiger partial charge is 0.295 e. The standard InChI is InChI=1S/C19H15ClN4O5S/c20-14-2-1-3-15(10-14)23-30(28,29)17-8-9-18(19(11-17)24(26)27)22-21-12-13-4-6-16(25)7-5-13/h1-12,22-23,25H. The van der Waals surface area contributed by atoms with E-state index in [9.17, 15) is 23.6 Å². The first-order valence-electron chi connectivity index (χ1n) is 8.39. The van der Waals surface area contributed by atoms with Crippen molar-refractivity contribution in [3.05, 3.63) is 87.4 Å². The number of nitro groups is 1. The predicted molar refractivity (Wildman–Crippen MR) is 115 cm³/mol. The second-order valence-electron chi connectivity index (χ2n) is 6.01.